The van der Waals surface area contributed by atoms with Crippen molar-refractivity contribution in [3.8, 4) is 34.1 Å². The fraction of sp³-hybridized carbons (Fsp3) is 0.222. The normalized spacial score (nSPS) is 10.9. The number of nitrogens with one attached hydrogen (secondary N) is 1. The molecule has 0 fully saturated rings. The summed E-state index contributed by atoms with van der Waals surface area (Å²) in [4.78, 5) is 23.6. The Morgan fingerprint density at radius 1 is 0.895 bits per heavy atom. The number of hydrogen-bond acceptors (Lipinski definition) is 8. The fourth-order valence-electron chi connectivity index (χ4n) is 3.66. The molecule has 198 valence electrons. The van der Waals surface area contributed by atoms with Crippen molar-refractivity contribution in [1.29, 1.82) is 0 Å². The fourth-order valence-corrected chi connectivity index (χ4v) is 4.37. The smallest absolute Gasteiger partial charge is 0.417 e. The Morgan fingerprint density at radius 2 is 1.53 bits per heavy atom. The number of halogens is 2. The number of carbonyl (C=O) groups excluding carboxylic acids is 1. The van der Waals surface area contributed by atoms with Crippen molar-refractivity contribution in [3.63, 3.8) is 0 Å². The number of rotatable bonds is 9. The number of hydrogen-bond donors (Lipinski definition) is 1. The van der Waals surface area contributed by atoms with Crippen LogP contribution >= 0.6 is 23.2 Å². The maximum absolute atomic E-state index is 12.7. The molecule has 11 heteroatoms. The molecule has 0 saturated carbocycles. The van der Waals surface area contributed by atoms with Crippen LogP contribution in [0.15, 0.2) is 54.9 Å². The lowest BCUT2D eigenvalue weighted by atomic mass is 10.0. The summed E-state index contributed by atoms with van der Waals surface area (Å²) in [5.41, 5.74) is 2.34. The van der Waals surface area contributed by atoms with Crippen LogP contribution in [0, 0.1) is 0 Å². The second-order valence-electron chi connectivity index (χ2n) is 8.34. The summed E-state index contributed by atoms with van der Waals surface area (Å²) in [6.07, 6.45) is 2.34. The van der Waals surface area contributed by atoms with E-state index in [1.54, 1.807) is 42.5 Å². The van der Waals surface area contributed by atoms with Gasteiger partial charge in [0.25, 0.3) is 0 Å². The molecule has 3 aromatic carbocycles. The first-order valence-corrected chi connectivity index (χ1v) is 12.3. The maximum atomic E-state index is 12.7. The Bertz CT molecular complexity index is 1420. The summed E-state index contributed by atoms with van der Waals surface area (Å²) in [6.45, 7) is 1.36. The van der Waals surface area contributed by atoms with Gasteiger partial charge in [-0.1, -0.05) is 23.2 Å². The van der Waals surface area contributed by atoms with Gasteiger partial charge in [0.1, 0.15) is 34.9 Å². The SMILES string of the molecule is COc1cc(OC)c(Cl)c(-c2ccc(OC(=O)Nc3ccc(OCCN(C)C)cc3)c3nccnc23)c1Cl. The largest absolute Gasteiger partial charge is 0.495 e. The van der Waals surface area contributed by atoms with E-state index in [1.807, 2.05) is 19.0 Å². The molecule has 0 bridgehead atoms. The number of aromatic nitrogens is 2. The Kier molecular flexibility index (Phi) is 8.73. The maximum Gasteiger partial charge on any atom is 0.417 e. The van der Waals surface area contributed by atoms with Crippen molar-refractivity contribution < 1.29 is 23.7 Å². The van der Waals surface area contributed by atoms with E-state index in [2.05, 4.69) is 15.3 Å². The quantitative estimate of drug-likeness (QED) is 0.261. The third kappa shape index (κ3) is 6.02. The molecule has 0 radical (unpaired) electrons. The van der Waals surface area contributed by atoms with Gasteiger partial charge in [0.2, 0.25) is 0 Å². The molecule has 0 aliphatic carbocycles. The van der Waals surface area contributed by atoms with E-state index in [1.165, 1.54) is 26.6 Å². The van der Waals surface area contributed by atoms with Crippen LogP contribution < -0.4 is 24.3 Å². The Morgan fingerprint density at radius 3 is 2.13 bits per heavy atom. The van der Waals surface area contributed by atoms with Gasteiger partial charge < -0.3 is 23.8 Å². The first-order chi connectivity index (χ1) is 18.3. The molecule has 4 aromatic rings. The van der Waals surface area contributed by atoms with E-state index in [0.717, 1.165) is 6.54 Å². The van der Waals surface area contributed by atoms with Crippen molar-refractivity contribution >= 4 is 46.0 Å². The molecule has 1 heterocycles. The molecule has 0 aliphatic heterocycles. The Labute approximate surface area is 230 Å². The van der Waals surface area contributed by atoms with E-state index in [4.69, 9.17) is 42.1 Å². The number of amides is 1. The number of methoxy groups -OCH3 is 2. The molecule has 1 amide bonds. The molecule has 4 rings (SSSR count). The van der Waals surface area contributed by atoms with Crippen LogP contribution in [-0.4, -0.2) is 62.4 Å². The highest BCUT2D eigenvalue weighted by Crippen LogP contribution is 2.47. The third-order valence-corrected chi connectivity index (χ3v) is 6.29. The van der Waals surface area contributed by atoms with Crippen molar-refractivity contribution in [1.82, 2.24) is 14.9 Å². The first-order valence-electron chi connectivity index (χ1n) is 11.5. The highest BCUT2D eigenvalue weighted by atomic mass is 35.5. The highest BCUT2D eigenvalue weighted by molar-refractivity contribution is 6.41. The number of anilines is 1. The average molecular weight is 557 g/mol. The molecule has 0 saturated heterocycles. The molecule has 0 atom stereocenters. The van der Waals surface area contributed by atoms with Gasteiger partial charge in [0.05, 0.1) is 24.3 Å². The Balaban J connectivity index is 1.59. The zero-order valence-corrected chi connectivity index (χ0v) is 22.8. The van der Waals surface area contributed by atoms with E-state index >= 15 is 0 Å². The molecular formula is C27H26Cl2N4O5. The first kappa shape index (κ1) is 27.3. The standard InChI is InChI=1S/C27H26Cl2N4O5/c1-33(2)13-14-37-17-7-5-16(6-8-17)32-27(34)38-19-10-9-18(25-26(19)31-12-11-30-25)22-23(28)20(35-3)15-21(36-4)24(22)29/h5-12,15H,13-14H2,1-4H3,(H,32,34). The van der Waals surface area contributed by atoms with Gasteiger partial charge in [0, 0.05) is 41.8 Å². The summed E-state index contributed by atoms with van der Waals surface area (Å²) < 4.78 is 22.1. The number of nitrogens with zero attached hydrogens (tertiary/aromatic N) is 3. The van der Waals surface area contributed by atoms with Gasteiger partial charge in [-0.25, -0.2) is 9.78 Å². The number of likely N-dealkylation sites (N-methyl/N-ethyl adjacent to an activating group) is 1. The Hall–Kier alpha value is -3.79. The van der Waals surface area contributed by atoms with Gasteiger partial charge in [0.15, 0.2) is 5.75 Å². The van der Waals surface area contributed by atoms with E-state index in [-0.39, 0.29) is 15.8 Å². The van der Waals surface area contributed by atoms with Crippen LogP contribution in [0.3, 0.4) is 0 Å². The minimum atomic E-state index is -0.690. The van der Waals surface area contributed by atoms with Gasteiger partial charge in [-0.05, 0) is 50.5 Å². The predicted molar refractivity (Wildman–Crippen MR) is 148 cm³/mol. The summed E-state index contributed by atoms with van der Waals surface area (Å²) in [7, 11) is 6.95. The van der Waals surface area contributed by atoms with Crippen molar-refractivity contribution in [3.05, 3.63) is 64.9 Å². The lowest BCUT2D eigenvalue weighted by Crippen LogP contribution is -2.19. The van der Waals surface area contributed by atoms with Gasteiger partial charge in [-0.3, -0.25) is 10.3 Å². The minimum absolute atomic E-state index is 0.208. The second-order valence-corrected chi connectivity index (χ2v) is 9.10. The highest BCUT2D eigenvalue weighted by Gasteiger charge is 2.22. The molecule has 9 nitrogen and oxygen atoms in total. The summed E-state index contributed by atoms with van der Waals surface area (Å²) in [6, 6.07) is 11.9. The third-order valence-electron chi connectivity index (χ3n) is 5.54. The van der Waals surface area contributed by atoms with E-state index in [9.17, 15) is 4.79 Å². The van der Waals surface area contributed by atoms with Crippen LogP contribution in [0.4, 0.5) is 10.5 Å². The van der Waals surface area contributed by atoms with Crippen LogP contribution in [0.2, 0.25) is 10.0 Å². The molecular weight excluding hydrogens is 531 g/mol. The second kappa shape index (κ2) is 12.2. The van der Waals surface area contributed by atoms with E-state index in [0.29, 0.717) is 51.7 Å². The molecule has 0 spiro atoms. The van der Waals surface area contributed by atoms with Crippen LogP contribution in [-0.2, 0) is 0 Å². The lowest BCUT2D eigenvalue weighted by molar-refractivity contribution is 0.215. The topological polar surface area (TPSA) is 95.0 Å². The minimum Gasteiger partial charge on any atom is -0.495 e. The predicted octanol–water partition coefficient (Wildman–Crippen LogP) is 6.17. The monoisotopic (exact) mass is 556 g/mol. The van der Waals surface area contributed by atoms with Crippen molar-refractivity contribution in [2.45, 2.75) is 0 Å². The molecule has 1 aromatic heterocycles. The molecule has 1 N–H and O–H groups in total. The number of carbonyl (C=O) groups is 1. The zero-order chi connectivity index (χ0) is 27.2. The van der Waals surface area contributed by atoms with Gasteiger partial charge in [-0.2, -0.15) is 0 Å². The van der Waals surface area contributed by atoms with Crippen LogP contribution in [0.5, 0.6) is 23.0 Å². The summed E-state index contributed by atoms with van der Waals surface area (Å²) in [5.74, 6) is 1.68. The lowest BCUT2D eigenvalue weighted by Gasteiger charge is -2.16. The van der Waals surface area contributed by atoms with Gasteiger partial charge in [-0.15, -0.1) is 0 Å². The molecule has 0 aliphatic rings. The molecule has 0 unspecified atom stereocenters. The van der Waals surface area contributed by atoms with Crippen molar-refractivity contribution in [2.75, 3.05) is 46.8 Å². The summed E-state index contributed by atoms with van der Waals surface area (Å²) in [5, 5.41) is 3.27. The number of fused-ring (bicyclic) bond motifs is 1. The number of ether oxygens (including phenoxy) is 4. The van der Waals surface area contributed by atoms with E-state index < -0.39 is 6.09 Å². The zero-order valence-electron chi connectivity index (χ0n) is 21.2. The number of benzene rings is 3. The van der Waals surface area contributed by atoms with Gasteiger partial charge >= 0.3 is 6.09 Å². The van der Waals surface area contributed by atoms with Crippen molar-refractivity contribution in [2.24, 2.45) is 0 Å². The molecule has 38 heavy (non-hydrogen) atoms. The van der Waals surface area contributed by atoms with Crippen LogP contribution in [0.25, 0.3) is 22.2 Å². The average Bonchev–Trinajstić information content (AvgIpc) is 2.91. The summed E-state index contributed by atoms with van der Waals surface area (Å²) >= 11 is 13.3. The van der Waals surface area contributed by atoms with Crippen LogP contribution in [0.1, 0.15) is 0 Å².